The molecule has 1 aromatic carbocycles. The number of aliphatic imine (C=N–C) groups is 1. The third kappa shape index (κ3) is 11.2. The first-order valence-corrected chi connectivity index (χ1v) is 13.1. The van der Waals surface area contributed by atoms with Crippen LogP contribution in [-0.2, 0) is 32.0 Å². The number of H-pyrrole nitrogens is 1. The molecular weight excluding hydrogens is 534 g/mol. The van der Waals surface area contributed by atoms with Crippen molar-refractivity contribution >= 4 is 29.7 Å². The zero-order valence-corrected chi connectivity index (χ0v) is 23.0. The van der Waals surface area contributed by atoms with E-state index in [1.807, 2.05) is 0 Å². The molecule has 0 fully saturated rings. The van der Waals surface area contributed by atoms with Crippen LogP contribution >= 0.6 is 0 Å². The normalized spacial score (nSPS) is 13.9. The van der Waals surface area contributed by atoms with Crippen LogP contribution in [0.1, 0.15) is 37.9 Å². The molecule has 0 aliphatic heterocycles. The Kier molecular flexibility index (Phi) is 12.6. The first-order valence-electron chi connectivity index (χ1n) is 13.1. The predicted molar refractivity (Wildman–Crippen MR) is 150 cm³/mol. The quantitative estimate of drug-likeness (QED) is 0.0635. The van der Waals surface area contributed by atoms with Crippen molar-refractivity contribution in [3.8, 4) is 5.75 Å². The van der Waals surface area contributed by atoms with E-state index in [1.54, 1.807) is 13.8 Å². The van der Waals surface area contributed by atoms with Crippen LogP contribution in [0.2, 0.25) is 0 Å². The maximum absolute atomic E-state index is 13.4. The van der Waals surface area contributed by atoms with E-state index in [-0.39, 0.29) is 49.9 Å². The second kappa shape index (κ2) is 15.8. The molecule has 12 N–H and O–H groups in total. The largest absolute Gasteiger partial charge is 0.508 e. The highest BCUT2D eigenvalue weighted by atomic mass is 16.4. The average molecular weight is 574 g/mol. The molecule has 0 bridgehead atoms. The summed E-state index contributed by atoms with van der Waals surface area (Å²) in [5.74, 6) is -3.59. The lowest BCUT2D eigenvalue weighted by Gasteiger charge is -2.25. The number of carboxylic acid groups (broad SMARTS) is 1. The van der Waals surface area contributed by atoms with Crippen molar-refractivity contribution < 1.29 is 29.4 Å². The Morgan fingerprint density at radius 1 is 0.951 bits per heavy atom. The van der Waals surface area contributed by atoms with Crippen molar-refractivity contribution in [1.82, 2.24) is 25.9 Å². The summed E-state index contributed by atoms with van der Waals surface area (Å²) in [5, 5.41) is 27.0. The minimum Gasteiger partial charge on any atom is -0.508 e. The second-order valence-electron chi connectivity index (χ2n) is 9.89. The number of benzene rings is 1. The third-order valence-corrected chi connectivity index (χ3v) is 6.20. The zero-order valence-electron chi connectivity index (χ0n) is 23.0. The van der Waals surface area contributed by atoms with E-state index < -0.39 is 47.9 Å². The van der Waals surface area contributed by atoms with Crippen LogP contribution in [-0.4, -0.2) is 80.5 Å². The lowest BCUT2D eigenvalue weighted by molar-refractivity contribution is -0.142. The summed E-state index contributed by atoms with van der Waals surface area (Å²) < 4.78 is 0. The van der Waals surface area contributed by atoms with Crippen molar-refractivity contribution in [2.75, 3.05) is 6.54 Å². The van der Waals surface area contributed by atoms with Crippen molar-refractivity contribution in [1.29, 1.82) is 0 Å². The molecular formula is C26H39N9O6. The number of carbonyl (C=O) groups excluding carboxylic acids is 3. The number of hydrogen-bond donors (Lipinski definition) is 9. The Hall–Kier alpha value is -4.66. The maximum Gasteiger partial charge on any atom is 0.326 e. The topological polar surface area (TPSA) is 264 Å². The Morgan fingerprint density at radius 2 is 1.56 bits per heavy atom. The molecule has 3 amide bonds. The van der Waals surface area contributed by atoms with E-state index in [4.69, 9.17) is 17.2 Å². The van der Waals surface area contributed by atoms with Crippen LogP contribution in [0.5, 0.6) is 5.75 Å². The van der Waals surface area contributed by atoms with Crippen LogP contribution in [0, 0.1) is 5.92 Å². The molecule has 0 spiro atoms. The van der Waals surface area contributed by atoms with E-state index >= 15 is 0 Å². The number of phenolic OH excluding ortho intramolecular Hbond substituents is 1. The summed E-state index contributed by atoms with van der Waals surface area (Å²) in [7, 11) is 0. The van der Waals surface area contributed by atoms with Gasteiger partial charge in [0.2, 0.25) is 17.7 Å². The summed E-state index contributed by atoms with van der Waals surface area (Å²) in [6, 6.07) is 1.39. The molecule has 1 heterocycles. The van der Waals surface area contributed by atoms with Crippen LogP contribution in [0.15, 0.2) is 41.8 Å². The standard InChI is InChI=1S/C26H39N9O6/c1-14(2)21(27)24(39)34-19(11-16-12-30-13-32-16)23(38)33-18(4-3-9-31-26(28)29)22(37)35-20(25(40)41)10-15-5-7-17(36)8-6-15/h5-8,12-14,18-21,36H,3-4,9-11,27H2,1-2H3,(H,30,32)(H,33,38)(H,34,39)(H,35,37)(H,40,41)(H4,28,29,31). The Morgan fingerprint density at radius 3 is 2.12 bits per heavy atom. The molecule has 15 heteroatoms. The van der Waals surface area contributed by atoms with E-state index in [9.17, 15) is 29.4 Å². The third-order valence-electron chi connectivity index (χ3n) is 6.20. The number of nitrogens with zero attached hydrogens (tertiary/aromatic N) is 2. The summed E-state index contributed by atoms with van der Waals surface area (Å²) in [4.78, 5) is 62.0. The number of aliphatic carboxylic acids is 1. The van der Waals surface area contributed by atoms with Crippen LogP contribution in [0.3, 0.4) is 0 Å². The number of hydrogen-bond acceptors (Lipinski definition) is 8. The van der Waals surface area contributed by atoms with Crippen LogP contribution < -0.4 is 33.2 Å². The molecule has 41 heavy (non-hydrogen) atoms. The second-order valence-corrected chi connectivity index (χ2v) is 9.89. The number of amides is 3. The molecule has 1 aromatic heterocycles. The summed E-state index contributed by atoms with van der Waals surface area (Å²) >= 11 is 0. The van der Waals surface area contributed by atoms with Gasteiger partial charge in [-0.3, -0.25) is 19.4 Å². The molecule has 0 aliphatic rings. The molecule has 0 saturated carbocycles. The SMILES string of the molecule is CC(C)C(N)C(=O)NC(Cc1cnc[nH]1)C(=O)NC(CCCN=C(N)N)C(=O)NC(Cc1ccc(O)cc1)C(=O)O. The number of aromatic amines is 1. The molecule has 0 radical (unpaired) electrons. The van der Waals surface area contributed by atoms with Crippen molar-refractivity contribution in [2.24, 2.45) is 28.1 Å². The number of aromatic hydroxyl groups is 1. The molecule has 0 aliphatic carbocycles. The summed E-state index contributed by atoms with van der Waals surface area (Å²) in [6.45, 7) is 3.69. The molecule has 4 unspecified atom stereocenters. The number of guanidine groups is 1. The van der Waals surface area contributed by atoms with Gasteiger partial charge in [0, 0.05) is 31.3 Å². The fourth-order valence-corrected chi connectivity index (χ4v) is 3.78. The molecule has 15 nitrogen and oxygen atoms in total. The zero-order chi connectivity index (χ0) is 30.5. The van der Waals surface area contributed by atoms with Gasteiger partial charge in [0.05, 0.1) is 12.4 Å². The number of carbonyl (C=O) groups is 4. The molecule has 224 valence electrons. The maximum atomic E-state index is 13.4. The van der Waals surface area contributed by atoms with Gasteiger partial charge in [0.25, 0.3) is 0 Å². The monoisotopic (exact) mass is 573 g/mol. The van der Waals surface area contributed by atoms with E-state index in [1.165, 1.54) is 36.8 Å². The van der Waals surface area contributed by atoms with Gasteiger partial charge in [0.1, 0.15) is 23.9 Å². The first-order chi connectivity index (χ1) is 19.4. The fourth-order valence-electron chi connectivity index (χ4n) is 3.78. The van der Waals surface area contributed by atoms with Crippen molar-refractivity contribution in [3.05, 3.63) is 48.0 Å². The van der Waals surface area contributed by atoms with Gasteiger partial charge >= 0.3 is 5.97 Å². The number of nitrogens with two attached hydrogens (primary N) is 3. The number of carboxylic acids is 1. The van der Waals surface area contributed by atoms with Gasteiger partial charge in [-0.2, -0.15) is 0 Å². The number of aromatic nitrogens is 2. The Balaban J connectivity index is 2.23. The highest BCUT2D eigenvalue weighted by Crippen LogP contribution is 2.12. The van der Waals surface area contributed by atoms with Gasteiger partial charge < -0.3 is 48.3 Å². The predicted octanol–water partition coefficient (Wildman–Crippen LogP) is -1.52. The average Bonchev–Trinajstić information content (AvgIpc) is 3.43. The van der Waals surface area contributed by atoms with Crippen LogP contribution in [0.4, 0.5) is 0 Å². The van der Waals surface area contributed by atoms with Gasteiger partial charge in [-0.25, -0.2) is 9.78 Å². The van der Waals surface area contributed by atoms with Crippen molar-refractivity contribution in [3.63, 3.8) is 0 Å². The lowest BCUT2D eigenvalue weighted by atomic mass is 10.0. The van der Waals surface area contributed by atoms with Crippen molar-refractivity contribution in [2.45, 2.75) is 63.7 Å². The first kappa shape index (κ1) is 32.6. The number of imidazole rings is 1. The summed E-state index contributed by atoms with van der Waals surface area (Å²) in [5.41, 5.74) is 17.8. The van der Waals surface area contributed by atoms with Gasteiger partial charge in [-0.15, -0.1) is 0 Å². The molecule has 2 aromatic rings. The minimum absolute atomic E-state index is 0.0133. The van der Waals surface area contributed by atoms with Gasteiger partial charge in [-0.05, 0) is 36.5 Å². The minimum atomic E-state index is -1.33. The summed E-state index contributed by atoms with van der Waals surface area (Å²) in [6.07, 6.45) is 3.23. The van der Waals surface area contributed by atoms with Gasteiger partial charge in [0.15, 0.2) is 5.96 Å². The number of phenols is 1. The highest BCUT2D eigenvalue weighted by Gasteiger charge is 2.31. The van der Waals surface area contributed by atoms with Crippen LogP contribution in [0.25, 0.3) is 0 Å². The Labute approximate surface area is 237 Å². The molecule has 2 rings (SSSR count). The molecule has 0 saturated heterocycles. The number of nitrogens with one attached hydrogen (secondary N) is 4. The fraction of sp³-hybridized carbons (Fsp3) is 0.462. The van der Waals surface area contributed by atoms with E-state index in [0.29, 0.717) is 11.3 Å². The van der Waals surface area contributed by atoms with E-state index in [2.05, 4.69) is 30.9 Å². The smallest absolute Gasteiger partial charge is 0.326 e. The van der Waals surface area contributed by atoms with Gasteiger partial charge in [-0.1, -0.05) is 26.0 Å². The number of rotatable bonds is 16. The highest BCUT2D eigenvalue weighted by molar-refractivity contribution is 5.94. The Bertz CT molecular complexity index is 1180. The molecule has 4 atom stereocenters. The van der Waals surface area contributed by atoms with E-state index in [0.717, 1.165) is 0 Å². The lowest BCUT2D eigenvalue weighted by Crippen LogP contribution is -2.58.